The van der Waals surface area contributed by atoms with Crippen molar-refractivity contribution in [3.63, 3.8) is 0 Å². The summed E-state index contributed by atoms with van der Waals surface area (Å²) >= 11 is 0. The van der Waals surface area contributed by atoms with Crippen LogP contribution in [0.5, 0.6) is 0 Å². The normalized spacial score (nSPS) is 12.2. The van der Waals surface area contributed by atoms with Gasteiger partial charge in [-0.15, -0.1) is 0 Å². The first kappa shape index (κ1) is 35.6. The number of hydrogen-bond donors (Lipinski definition) is 0. The van der Waals surface area contributed by atoms with E-state index in [4.69, 9.17) is 0 Å². The summed E-state index contributed by atoms with van der Waals surface area (Å²) in [5, 5.41) is 0. The van der Waals surface area contributed by atoms with E-state index >= 15 is 0 Å². The quantitative estimate of drug-likeness (QED) is 0.101. The largest absolute Gasteiger partial charge is 0.310 e. The van der Waals surface area contributed by atoms with Gasteiger partial charge in [0.25, 0.3) is 0 Å². The van der Waals surface area contributed by atoms with Crippen molar-refractivity contribution in [2.24, 2.45) is 0 Å². The second kappa shape index (κ2) is 16.7. The van der Waals surface area contributed by atoms with Crippen molar-refractivity contribution in [3.8, 4) is 0 Å². The molecule has 8 rings (SSSR count). The van der Waals surface area contributed by atoms with Crippen LogP contribution in [0.2, 0.25) is 0 Å². The molecule has 0 saturated heterocycles. The third-order valence-electron chi connectivity index (χ3n) is 10.7. The van der Waals surface area contributed by atoms with Crippen LogP contribution in [0, 0.1) is 13.8 Å². The van der Waals surface area contributed by atoms with Crippen molar-refractivity contribution >= 4 is 40.4 Å². The molecule has 0 saturated carbocycles. The van der Waals surface area contributed by atoms with E-state index in [2.05, 4.69) is 219 Å². The van der Waals surface area contributed by atoms with Gasteiger partial charge in [-0.05, 0) is 138 Å². The first-order valence-corrected chi connectivity index (χ1v) is 19.5. The molecule has 1 aliphatic rings. The molecule has 0 atom stereocenters. The van der Waals surface area contributed by atoms with Crippen molar-refractivity contribution < 1.29 is 0 Å². The molecule has 0 N–H and O–H groups in total. The maximum Gasteiger partial charge on any atom is 0.0464 e. The summed E-state index contributed by atoms with van der Waals surface area (Å²) in [6.07, 6.45) is 13.8. The maximum absolute atomic E-state index is 2.42. The van der Waals surface area contributed by atoms with Gasteiger partial charge in [0.05, 0.1) is 0 Å². The molecule has 1 aliphatic carbocycles. The van der Waals surface area contributed by atoms with E-state index in [1.165, 1.54) is 86.2 Å². The van der Waals surface area contributed by atoms with Gasteiger partial charge >= 0.3 is 0 Å². The highest BCUT2D eigenvalue weighted by molar-refractivity contribution is 5.92. The molecule has 0 radical (unpaired) electrons. The van der Waals surface area contributed by atoms with Crippen LogP contribution in [0.4, 0.5) is 17.1 Å². The summed E-state index contributed by atoms with van der Waals surface area (Å²) < 4.78 is 0. The Balaban J connectivity index is 1.12. The Hall–Kier alpha value is -6.44. The average molecular weight is 710 g/mol. The Morgan fingerprint density at radius 3 is 1.45 bits per heavy atom. The van der Waals surface area contributed by atoms with E-state index in [9.17, 15) is 0 Å². The molecule has 0 aliphatic heterocycles. The standard InChI is InChI=1S/C54H47N/c1-40-20-28-47(29-21-40)54(48-30-22-41(2)23-31-48)38-43-26-35-51(36-27-43)55(52-37-32-44-13-9-10-18-49(44)39-52)50-33-24-42(25-34-50)12-11-19-53(45-14-5-3-6-15-45)46-16-7-4-8-17-46/h3-8,11-12,14-17,19-39H,9-10,13,18H2,1-2H3/b12-11+. The molecule has 0 spiro atoms. The second-order valence-corrected chi connectivity index (χ2v) is 14.6. The van der Waals surface area contributed by atoms with Crippen LogP contribution in [0.25, 0.3) is 23.3 Å². The van der Waals surface area contributed by atoms with E-state index in [1.54, 1.807) is 0 Å². The van der Waals surface area contributed by atoms with E-state index in [-0.39, 0.29) is 0 Å². The molecule has 0 bridgehead atoms. The molecule has 0 unspecified atom stereocenters. The number of aryl methyl sites for hydroxylation is 4. The lowest BCUT2D eigenvalue weighted by atomic mass is 9.91. The highest BCUT2D eigenvalue weighted by Gasteiger charge is 2.17. The zero-order valence-electron chi connectivity index (χ0n) is 31.8. The Morgan fingerprint density at radius 1 is 0.436 bits per heavy atom. The van der Waals surface area contributed by atoms with Gasteiger partial charge in [-0.1, -0.05) is 169 Å². The second-order valence-electron chi connectivity index (χ2n) is 14.6. The van der Waals surface area contributed by atoms with Crippen LogP contribution in [0.1, 0.15) is 68.5 Å². The lowest BCUT2D eigenvalue weighted by Gasteiger charge is -2.27. The van der Waals surface area contributed by atoms with E-state index < -0.39 is 0 Å². The van der Waals surface area contributed by atoms with Crippen LogP contribution in [0.3, 0.4) is 0 Å². The molecule has 0 aromatic heterocycles. The van der Waals surface area contributed by atoms with Crippen LogP contribution in [-0.2, 0) is 12.8 Å². The molecule has 7 aromatic rings. The fourth-order valence-corrected chi connectivity index (χ4v) is 7.58. The molecule has 55 heavy (non-hydrogen) atoms. The number of hydrogen-bond acceptors (Lipinski definition) is 1. The lowest BCUT2D eigenvalue weighted by Crippen LogP contribution is -2.12. The summed E-state index contributed by atoms with van der Waals surface area (Å²) in [6, 6.07) is 64.0. The van der Waals surface area contributed by atoms with Gasteiger partial charge < -0.3 is 4.90 Å². The zero-order chi connectivity index (χ0) is 37.4. The summed E-state index contributed by atoms with van der Waals surface area (Å²) in [5.74, 6) is 0. The Morgan fingerprint density at radius 2 is 0.909 bits per heavy atom. The molecular weight excluding hydrogens is 663 g/mol. The van der Waals surface area contributed by atoms with Crippen molar-refractivity contribution in [3.05, 3.63) is 244 Å². The van der Waals surface area contributed by atoms with Gasteiger partial charge in [-0.2, -0.15) is 0 Å². The Bertz CT molecular complexity index is 2340. The molecule has 1 nitrogen and oxygen atoms in total. The Kier molecular flexibility index (Phi) is 10.8. The molecular formula is C54H47N. The summed E-state index contributed by atoms with van der Waals surface area (Å²) in [7, 11) is 0. The maximum atomic E-state index is 2.42. The van der Waals surface area contributed by atoms with Crippen LogP contribution in [0.15, 0.2) is 188 Å². The molecule has 0 amide bonds. The SMILES string of the molecule is Cc1ccc(C(=Cc2ccc(N(c3ccc(/C=C/C=C(c4ccccc4)c4ccccc4)cc3)c3ccc4c(c3)CCCC4)cc2)c2ccc(C)cc2)cc1. The number of anilines is 3. The minimum Gasteiger partial charge on any atom is -0.310 e. The minimum atomic E-state index is 1.14. The van der Waals surface area contributed by atoms with Crippen molar-refractivity contribution in [2.45, 2.75) is 39.5 Å². The van der Waals surface area contributed by atoms with Gasteiger partial charge in [0.1, 0.15) is 0 Å². The number of allylic oxidation sites excluding steroid dienone is 2. The molecule has 268 valence electrons. The molecule has 7 aromatic carbocycles. The van der Waals surface area contributed by atoms with Gasteiger partial charge in [-0.3, -0.25) is 0 Å². The average Bonchev–Trinajstić information content (AvgIpc) is 3.24. The summed E-state index contributed by atoms with van der Waals surface area (Å²) in [6.45, 7) is 4.28. The predicted molar refractivity (Wildman–Crippen MR) is 236 cm³/mol. The number of nitrogens with zero attached hydrogens (tertiary/aromatic N) is 1. The minimum absolute atomic E-state index is 1.14. The monoisotopic (exact) mass is 709 g/mol. The van der Waals surface area contributed by atoms with Crippen molar-refractivity contribution in [1.29, 1.82) is 0 Å². The number of rotatable bonds is 10. The van der Waals surface area contributed by atoms with E-state index in [0.717, 1.165) is 23.4 Å². The van der Waals surface area contributed by atoms with Crippen LogP contribution in [-0.4, -0.2) is 0 Å². The fraction of sp³-hybridized carbons (Fsp3) is 0.111. The molecule has 1 heteroatoms. The molecule has 0 heterocycles. The summed E-state index contributed by atoms with van der Waals surface area (Å²) in [5.41, 5.74) is 18.6. The van der Waals surface area contributed by atoms with Gasteiger partial charge in [0.2, 0.25) is 0 Å². The smallest absolute Gasteiger partial charge is 0.0464 e. The highest BCUT2D eigenvalue weighted by Crippen LogP contribution is 2.38. The van der Waals surface area contributed by atoms with E-state index in [1.807, 2.05) is 0 Å². The zero-order valence-corrected chi connectivity index (χ0v) is 31.8. The third-order valence-corrected chi connectivity index (χ3v) is 10.7. The third kappa shape index (κ3) is 8.53. The van der Waals surface area contributed by atoms with E-state index in [0.29, 0.717) is 0 Å². The first-order chi connectivity index (χ1) is 27.1. The van der Waals surface area contributed by atoms with Crippen molar-refractivity contribution in [1.82, 2.24) is 0 Å². The highest BCUT2D eigenvalue weighted by atomic mass is 15.1. The number of benzene rings is 7. The molecule has 0 fully saturated rings. The van der Waals surface area contributed by atoms with Gasteiger partial charge in [0.15, 0.2) is 0 Å². The van der Waals surface area contributed by atoms with Crippen molar-refractivity contribution in [2.75, 3.05) is 4.90 Å². The van der Waals surface area contributed by atoms with Crippen LogP contribution >= 0.6 is 0 Å². The first-order valence-electron chi connectivity index (χ1n) is 19.5. The predicted octanol–water partition coefficient (Wildman–Crippen LogP) is 14.4. The fourth-order valence-electron chi connectivity index (χ4n) is 7.58. The Labute approximate surface area is 327 Å². The lowest BCUT2D eigenvalue weighted by molar-refractivity contribution is 0.685. The van der Waals surface area contributed by atoms with Gasteiger partial charge in [-0.25, -0.2) is 0 Å². The van der Waals surface area contributed by atoms with Crippen LogP contribution < -0.4 is 4.90 Å². The topological polar surface area (TPSA) is 3.24 Å². The number of fused-ring (bicyclic) bond motifs is 1. The summed E-state index contributed by atoms with van der Waals surface area (Å²) in [4.78, 5) is 2.40. The van der Waals surface area contributed by atoms with Gasteiger partial charge in [0, 0.05) is 17.1 Å².